The molecule has 0 aliphatic carbocycles. The first-order valence-corrected chi connectivity index (χ1v) is 11.6. The van der Waals surface area contributed by atoms with Crippen molar-refractivity contribution in [1.82, 2.24) is 10.2 Å². The van der Waals surface area contributed by atoms with E-state index in [1.165, 1.54) is 0 Å². The van der Waals surface area contributed by atoms with Crippen molar-refractivity contribution in [2.45, 2.75) is 78.0 Å². The third kappa shape index (κ3) is 5.79. The smallest absolute Gasteiger partial charge is 0.245 e. The molecule has 1 aliphatic rings. The first-order valence-electron chi connectivity index (χ1n) is 11.3. The first-order chi connectivity index (χ1) is 14.4. The highest BCUT2D eigenvalue weighted by Gasteiger charge is 2.50. The Morgan fingerprint density at radius 2 is 1.87 bits per heavy atom. The maximum Gasteiger partial charge on any atom is 0.245 e. The van der Waals surface area contributed by atoms with Crippen molar-refractivity contribution in [2.24, 2.45) is 17.1 Å². The quantitative estimate of drug-likeness (QED) is 0.564. The highest BCUT2D eigenvalue weighted by molar-refractivity contribution is 6.30. The summed E-state index contributed by atoms with van der Waals surface area (Å²) in [5.41, 5.74) is 5.14. The van der Waals surface area contributed by atoms with Crippen LogP contribution in [0.4, 0.5) is 0 Å². The van der Waals surface area contributed by atoms with Gasteiger partial charge < -0.3 is 21.1 Å². The molecule has 0 radical (unpaired) electrons. The highest BCUT2D eigenvalue weighted by Crippen LogP contribution is 2.46. The van der Waals surface area contributed by atoms with E-state index >= 15 is 0 Å². The topological polar surface area (TPSA) is 95.7 Å². The van der Waals surface area contributed by atoms with Crippen LogP contribution in [-0.2, 0) is 15.2 Å². The highest BCUT2D eigenvalue weighted by atomic mass is 35.5. The number of piperidine rings is 1. The number of carbonyl (C=O) groups is 2. The van der Waals surface area contributed by atoms with Crippen LogP contribution in [0, 0.1) is 11.3 Å². The summed E-state index contributed by atoms with van der Waals surface area (Å²) in [5, 5.41) is 15.0. The summed E-state index contributed by atoms with van der Waals surface area (Å²) in [7, 11) is 0. The summed E-state index contributed by atoms with van der Waals surface area (Å²) in [6, 6.07) is 5.98. The standard InChI is InChI=1S/C24H38ClN3O3/c1-6-7-8-19(26)21(29)27-20(16(2)3)22(30)28-14-13-24(31,23(4,5)15-28)17-9-11-18(25)12-10-17/h9-12,16,19-20,31H,6-8,13-15,26H2,1-5H3,(H,27,29)/t19-,20+,24-/m0/s1. The van der Waals surface area contributed by atoms with Gasteiger partial charge in [-0.05, 0) is 36.5 Å². The molecule has 1 aromatic carbocycles. The number of carbonyl (C=O) groups excluding carboxylic acids is 2. The van der Waals surface area contributed by atoms with Gasteiger partial charge in [0.2, 0.25) is 11.8 Å². The molecular weight excluding hydrogens is 414 g/mol. The van der Waals surface area contributed by atoms with Crippen LogP contribution in [0.1, 0.15) is 65.9 Å². The molecule has 1 saturated heterocycles. The third-order valence-corrected chi connectivity index (χ3v) is 6.77. The molecule has 2 rings (SSSR count). The Kier molecular flexibility index (Phi) is 8.54. The second kappa shape index (κ2) is 10.3. The third-order valence-electron chi connectivity index (χ3n) is 6.52. The van der Waals surface area contributed by atoms with Crippen molar-refractivity contribution in [2.75, 3.05) is 13.1 Å². The van der Waals surface area contributed by atoms with Crippen LogP contribution >= 0.6 is 11.6 Å². The molecule has 2 amide bonds. The van der Waals surface area contributed by atoms with Gasteiger partial charge in [-0.25, -0.2) is 0 Å². The molecule has 3 atom stereocenters. The van der Waals surface area contributed by atoms with E-state index in [4.69, 9.17) is 17.3 Å². The summed E-state index contributed by atoms with van der Waals surface area (Å²) < 4.78 is 0. The summed E-state index contributed by atoms with van der Waals surface area (Å²) in [4.78, 5) is 27.7. The normalized spacial score (nSPS) is 22.8. The van der Waals surface area contributed by atoms with E-state index in [0.29, 0.717) is 31.0 Å². The Morgan fingerprint density at radius 3 is 2.39 bits per heavy atom. The van der Waals surface area contributed by atoms with E-state index in [2.05, 4.69) is 12.2 Å². The predicted molar refractivity (Wildman–Crippen MR) is 125 cm³/mol. The summed E-state index contributed by atoms with van der Waals surface area (Å²) in [6.45, 7) is 10.6. The predicted octanol–water partition coefficient (Wildman–Crippen LogP) is 3.44. The number of rotatable bonds is 8. The number of likely N-dealkylation sites (tertiary alicyclic amines) is 1. The van der Waals surface area contributed by atoms with Crippen LogP contribution in [-0.4, -0.2) is 47.0 Å². The molecule has 1 aromatic rings. The van der Waals surface area contributed by atoms with Crippen molar-refractivity contribution < 1.29 is 14.7 Å². The summed E-state index contributed by atoms with van der Waals surface area (Å²) >= 11 is 6.01. The minimum atomic E-state index is -1.08. The molecule has 6 nitrogen and oxygen atoms in total. The molecule has 4 N–H and O–H groups in total. The van der Waals surface area contributed by atoms with Crippen LogP contribution in [0.25, 0.3) is 0 Å². The number of benzene rings is 1. The fourth-order valence-electron chi connectivity index (χ4n) is 4.30. The van der Waals surface area contributed by atoms with E-state index in [0.717, 1.165) is 18.4 Å². The van der Waals surface area contributed by atoms with Crippen molar-refractivity contribution in [3.63, 3.8) is 0 Å². The van der Waals surface area contributed by atoms with Gasteiger partial charge in [-0.3, -0.25) is 9.59 Å². The Morgan fingerprint density at radius 1 is 1.26 bits per heavy atom. The molecule has 174 valence electrons. The molecule has 31 heavy (non-hydrogen) atoms. The molecule has 1 aliphatic heterocycles. The monoisotopic (exact) mass is 451 g/mol. The number of unbranched alkanes of at least 4 members (excludes halogenated alkanes) is 1. The lowest BCUT2D eigenvalue weighted by Crippen LogP contribution is -2.61. The lowest BCUT2D eigenvalue weighted by molar-refractivity contribution is -0.156. The fourth-order valence-corrected chi connectivity index (χ4v) is 4.42. The van der Waals surface area contributed by atoms with E-state index in [-0.39, 0.29) is 17.7 Å². The number of amides is 2. The minimum Gasteiger partial charge on any atom is -0.384 e. The molecule has 7 heteroatoms. The van der Waals surface area contributed by atoms with Gasteiger partial charge in [0.15, 0.2) is 0 Å². The van der Waals surface area contributed by atoms with Crippen molar-refractivity contribution >= 4 is 23.4 Å². The number of hydrogen-bond acceptors (Lipinski definition) is 4. The summed E-state index contributed by atoms with van der Waals surface area (Å²) in [5.74, 6) is -0.485. The van der Waals surface area contributed by atoms with Gasteiger partial charge in [-0.1, -0.05) is 71.2 Å². The number of nitrogens with one attached hydrogen (secondary N) is 1. The SMILES string of the molecule is CCCC[C@H](N)C(=O)N[C@@H](C(=O)N1CC[C@](O)(c2ccc(Cl)cc2)C(C)(C)C1)C(C)C. The van der Waals surface area contributed by atoms with Gasteiger partial charge in [0, 0.05) is 23.5 Å². The number of nitrogens with zero attached hydrogens (tertiary/aromatic N) is 1. The van der Waals surface area contributed by atoms with Crippen LogP contribution < -0.4 is 11.1 Å². The Labute approximate surface area is 191 Å². The molecule has 0 spiro atoms. The lowest BCUT2D eigenvalue weighted by atomic mass is 9.66. The number of halogens is 1. The van der Waals surface area contributed by atoms with Gasteiger partial charge in [0.25, 0.3) is 0 Å². The minimum absolute atomic E-state index is 0.0741. The zero-order chi connectivity index (χ0) is 23.4. The maximum atomic E-state index is 13.4. The van der Waals surface area contributed by atoms with Gasteiger partial charge in [0.05, 0.1) is 11.6 Å². The van der Waals surface area contributed by atoms with Crippen LogP contribution in [0.2, 0.25) is 5.02 Å². The lowest BCUT2D eigenvalue weighted by Gasteiger charge is -2.51. The van der Waals surface area contributed by atoms with Gasteiger partial charge in [-0.15, -0.1) is 0 Å². The molecule has 0 saturated carbocycles. The Balaban J connectivity index is 2.14. The van der Waals surface area contributed by atoms with Crippen LogP contribution in [0.15, 0.2) is 24.3 Å². The van der Waals surface area contributed by atoms with E-state index in [9.17, 15) is 14.7 Å². The maximum absolute atomic E-state index is 13.4. The van der Waals surface area contributed by atoms with E-state index in [1.54, 1.807) is 17.0 Å². The molecule has 0 bridgehead atoms. The second-order valence-electron chi connectivity index (χ2n) is 9.74. The fraction of sp³-hybridized carbons (Fsp3) is 0.667. The number of hydrogen-bond donors (Lipinski definition) is 3. The van der Waals surface area contributed by atoms with Crippen LogP contribution in [0.3, 0.4) is 0 Å². The Bertz CT molecular complexity index is 766. The van der Waals surface area contributed by atoms with E-state index < -0.39 is 23.1 Å². The number of nitrogens with two attached hydrogens (primary N) is 1. The molecule has 0 aromatic heterocycles. The second-order valence-corrected chi connectivity index (χ2v) is 10.2. The summed E-state index contributed by atoms with van der Waals surface area (Å²) in [6.07, 6.45) is 2.85. The zero-order valence-electron chi connectivity index (χ0n) is 19.5. The zero-order valence-corrected chi connectivity index (χ0v) is 20.2. The first kappa shape index (κ1) is 25.6. The van der Waals surface area contributed by atoms with Crippen molar-refractivity contribution in [3.8, 4) is 0 Å². The number of aliphatic hydroxyl groups is 1. The van der Waals surface area contributed by atoms with E-state index in [1.807, 2.05) is 39.8 Å². The molecular formula is C24H38ClN3O3. The van der Waals surface area contributed by atoms with Crippen LogP contribution in [0.5, 0.6) is 0 Å². The van der Waals surface area contributed by atoms with Crippen molar-refractivity contribution in [1.29, 1.82) is 0 Å². The van der Waals surface area contributed by atoms with Gasteiger partial charge >= 0.3 is 0 Å². The molecule has 1 fully saturated rings. The van der Waals surface area contributed by atoms with Gasteiger partial charge in [-0.2, -0.15) is 0 Å². The molecule has 0 unspecified atom stereocenters. The van der Waals surface area contributed by atoms with Gasteiger partial charge in [0.1, 0.15) is 6.04 Å². The Hall–Kier alpha value is -1.63. The average Bonchev–Trinajstić information content (AvgIpc) is 2.71. The van der Waals surface area contributed by atoms with Crippen molar-refractivity contribution in [3.05, 3.63) is 34.9 Å². The average molecular weight is 452 g/mol. The molecule has 1 heterocycles. The largest absolute Gasteiger partial charge is 0.384 e.